The topological polar surface area (TPSA) is 87.0 Å². The Morgan fingerprint density at radius 1 is 1.33 bits per heavy atom. The quantitative estimate of drug-likeness (QED) is 0.693. The smallest absolute Gasteiger partial charge is 0.504 e. The molecule has 0 atom stereocenters. The molecule has 0 aliphatic carbocycles. The van der Waals surface area contributed by atoms with Crippen LogP contribution in [0.25, 0.3) is 0 Å². The van der Waals surface area contributed by atoms with Gasteiger partial charge in [-0.25, -0.2) is 4.57 Å². The SMILES string of the molecule is CC(C)c1ccc(O)c(OP(=O)(O)O)c1. The fourth-order valence-electron chi connectivity index (χ4n) is 1.09. The summed E-state index contributed by atoms with van der Waals surface area (Å²) >= 11 is 0. The van der Waals surface area contributed by atoms with E-state index in [1.165, 1.54) is 12.1 Å². The number of hydrogen-bond acceptors (Lipinski definition) is 3. The molecule has 0 unspecified atom stereocenters. The van der Waals surface area contributed by atoms with E-state index in [1.54, 1.807) is 6.07 Å². The number of phenols is 1. The molecule has 0 amide bonds. The van der Waals surface area contributed by atoms with Gasteiger partial charge in [-0.3, -0.25) is 9.79 Å². The zero-order valence-corrected chi connectivity index (χ0v) is 9.31. The van der Waals surface area contributed by atoms with Crippen LogP contribution in [0.15, 0.2) is 18.2 Å². The van der Waals surface area contributed by atoms with E-state index < -0.39 is 7.82 Å². The molecule has 0 aromatic heterocycles. The monoisotopic (exact) mass is 232 g/mol. The Balaban J connectivity index is 3.06. The fourth-order valence-corrected chi connectivity index (χ4v) is 1.49. The first-order valence-electron chi connectivity index (χ1n) is 4.37. The summed E-state index contributed by atoms with van der Waals surface area (Å²) in [5.74, 6) is -0.304. The number of hydrogen-bond donors (Lipinski definition) is 3. The average Bonchev–Trinajstić information content (AvgIpc) is 2.06. The highest BCUT2D eigenvalue weighted by Gasteiger charge is 2.19. The Hall–Kier alpha value is -1.03. The molecule has 1 rings (SSSR count). The van der Waals surface area contributed by atoms with Gasteiger partial charge in [-0.15, -0.1) is 0 Å². The van der Waals surface area contributed by atoms with Gasteiger partial charge in [-0.1, -0.05) is 19.9 Å². The van der Waals surface area contributed by atoms with Gasteiger partial charge < -0.3 is 9.63 Å². The lowest BCUT2D eigenvalue weighted by atomic mass is 10.0. The highest BCUT2D eigenvalue weighted by molar-refractivity contribution is 7.46. The van der Waals surface area contributed by atoms with Crippen molar-refractivity contribution in [2.45, 2.75) is 19.8 Å². The van der Waals surface area contributed by atoms with Gasteiger partial charge in [0.15, 0.2) is 11.5 Å². The molecule has 1 aromatic rings. The highest BCUT2D eigenvalue weighted by Crippen LogP contribution is 2.42. The van der Waals surface area contributed by atoms with Crippen LogP contribution in [0.3, 0.4) is 0 Å². The van der Waals surface area contributed by atoms with Crippen LogP contribution in [0.4, 0.5) is 0 Å². The Labute approximate surface area is 87.6 Å². The van der Waals surface area contributed by atoms with Gasteiger partial charge in [-0.05, 0) is 23.6 Å². The Bertz CT molecular complexity index is 395. The predicted molar refractivity (Wildman–Crippen MR) is 54.9 cm³/mol. The summed E-state index contributed by atoms with van der Waals surface area (Å²) in [5.41, 5.74) is 0.830. The summed E-state index contributed by atoms with van der Waals surface area (Å²) in [7, 11) is -4.62. The van der Waals surface area contributed by atoms with E-state index in [1.807, 2.05) is 13.8 Å². The van der Waals surface area contributed by atoms with Gasteiger partial charge in [0.1, 0.15) is 0 Å². The number of phenolic OH excluding ortho intramolecular Hbond substituents is 1. The lowest BCUT2D eigenvalue weighted by molar-refractivity contribution is 0.277. The minimum absolute atomic E-state index is 0.185. The third-order valence-electron chi connectivity index (χ3n) is 1.87. The maximum Gasteiger partial charge on any atom is 0.524 e. The summed E-state index contributed by atoms with van der Waals surface area (Å²) in [4.78, 5) is 17.2. The number of aromatic hydroxyl groups is 1. The molecule has 84 valence electrons. The van der Waals surface area contributed by atoms with E-state index in [9.17, 15) is 9.67 Å². The minimum atomic E-state index is -4.62. The summed E-state index contributed by atoms with van der Waals surface area (Å²) in [6.07, 6.45) is 0. The molecule has 0 saturated carbocycles. The largest absolute Gasteiger partial charge is 0.524 e. The molecular formula is C9H13O5P. The molecule has 0 radical (unpaired) electrons. The van der Waals surface area contributed by atoms with Crippen molar-refractivity contribution in [3.63, 3.8) is 0 Å². The first-order valence-corrected chi connectivity index (χ1v) is 5.90. The lowest BCUT2D eigenvalue weighted by Crippen LogP contribution is -1.93. The van der Waals surface area contributed by atoms with Gasteiger partial charge in [-0.2, -0.15) is 0 Å². The van der Waals surface area contributed by atoms with Crippen molar-refractivity contribution in [2.24, 2.45) is 0 Å². The molecule has 3 N–H and O–H groups in total. The van der Waals surface area contributed by atoms with Gasteiger partial charge in [0.05, 0.1) is 0 Å². The van der Waals surface area contributed by atoms with Crippen molar-refractivity contribution in [1.82, 2.24) is 0 Å². The molecular weight excluding hydrogens is 219 g/mol. The molecule has 1 aromatic carbocycles. The van der Waals surface area contributed by atoms with E-state index >= 15 is 0 Å². The van der Waals surface area contributed by atoms with Gasteiger partial charge >= 0.3 is 7.82 Å². The zero-order chi connectivity index (χ0) is 11.6. The van der Waals surface area contributed by atoms with Gasteiger partial charge in [0.2, 0.25) is 0 Å². The molecule has 0 heterocycles. The van der Waals surface area contributed by atoms with Crippen LogP contribution >= 0.6 is 7.82 Å². The second-order valence-electron chi connectivity index (χ2n) is 3.46. The van der Waals surface area contributed by atoms with Crippen LogP contribution in [-0.4, -0.2) is 14.9 Å². The first-order chi connectivity index (χ1) is 6.79. The summed E-state index contributed by atoms with van der Waals surface area (Å²) in [5, 5.41) is 9.31. The summed E-state index contributed by atoms with van der Waals surface area (Å²) in [6.45, 7) is 3.85. The van der Waals surface area contributed by atoms with E-state index in [0.29, 0.717) is 0 Å². The third-order valence-corrected chi connectivity index (χ3v) is 2.30. The molecule has 5 nitrogen and oxygen atoms in total. The van der Waals surface area contributed by atoms with Crippen LogP contribution in [0, 0.1) is 0 Å². The van der Waals surface area contributed by atoms with Crippen molar-refractivity contribution in [1.29, 1.82) is 0 Å². The van der Waals surface area contributed by atoms with Crippen LogP contribution in [0.1, 0.15) is 25.3 Å². The first kappa shape index (κ1) is 12.0. The molecule has 0 aliphatic heterocycles. The lowest BCUT2D eigenvalue weighted by Gasteiger charge is -2.11. The molecule has 0 saturated heterocycles. The number of benzene rings is 1. The van der Waals surface area contributed by atoms with Crippen molar-refractivity contribution >= 4 is 7.82 Å². The van der Waals surface area contributed by atoms with Crippen LogP contribution in [0.2, 0.25) is 0 Å². The summed E-state index contributed by atoms with van der Waals surface area (Å²) < 4.78 is 14.9. The van der Waals surface area contributed by atoms with Crippen molar-refractivity contribution in [2.75, 3.05) is 0 Å². The average molecular weight is 232 g/mol. The standard InChI is InChI=1S/C9H13O5P/c1-6(2)7-3-4-8(10)9(5-7)14-15(11,12)13/h3-6,10H,1-2H3,(H2,11,12,13). The van der Waals surface area contributed by atoms with Crippen molar-refractivity contribution in [3.05, 3.63) is 23.8 Å². The molecule has 0 bridgehead atoms. The Morgan fingerprint density at radius 2 is 1.93 bits per heavy atom. The summed E-state index contributed by atoms with van der Waals surface area (Å²) in [6, 6.07) is 4.44. The molecule has 0 fully saturated rings. The van der Waals surface area contributed by atoms with Crippen LogP contribution < -0.4 is 4.52 Å². The Morgan fingerprint density at radius 3 is 2.40 bits per heavy atom. The van der Waals surface area contributed by atoms with Gasteiger partial charge in [0.25, 0.3) is 0 Å². The van der Waals surface area contributed by atoms with Crippen molar-refractivity contribution < 1.29 is 24.0 Å². The van der Waals surface area contributed by atoms with Crippen LogP contribution in [0.5, 0.6) is 11.5 Å². The molecule has 0 spiro atoms. The second-order valence-corrected chi connectivity index (χ2v) is 4.63. The third kappa shape index (κ3) is 3.55. The van der Waals surface area contributed by atoms with Gasteiger partial charge in [0, 0.05) is 0 Å². The number of phosphoric ester groups is 1. The van der Waals surface area contributed by atoms with E-state index in [4.69, 9.17) is 9.79 Å². The minimum Gasteiger partial charge on any atom is -0.504 e. The zero-order valence-electron chi connectivity index (χ0n) is 8.41. The van der Waals surface area contributed by atoms with E-state index in [-0.39, 0.29) is 17.4 Å². The Kier molecular flexibility index (Phi) is 3.39. The van der Waals surface area contributed by atoms with E-state index in [0.717, 1.165) is 5.56 Å². The maximum atomic E-state index is 10.6. The van der Waals surface area contributed by atoms with Crippen LogP contribution in [-0.2, 0) is 4.57 Å². The molecule has 15 heavy (non-hydrogen) atoms. The second kappa shape index (κ2) is 4.23. The number of phosphoric acid groups is 1. The van der Waals surface area contributed by atoms with Crippen molar-refractivity contribution in [3.8, 4) is 11.5 Å². The molecule has 6 heteroatoms. The maximum absolute atomic E-state index is 10.6. The normalized spacial score (nSPS) is 11.8. The molecule has 0 aliphatic rings. The fraction of sp³-hybridized carbons (Fsp3) is 0.333. The number of rotatable bonds is 3. The highest BCUT2D eigenvalue weighted by atomic mass is 31.2. The van der Waals surface area contributed by atoms with E-state index in [2.05, 4.69) is 4.52 Å². The predicted octanol–water partition coefficient (Wildman–Crippen LogP) is 1.99.